The molecule has 0 radical (unpaired) electrons. The molecule has 0 aliphatic heterocycles. The molecule has 0 spiro atoms. The minimum Gasteiger partial charge on any atom is -0.442 e. The van der Waals surface area contributed by atoms with Gasteiger partial charge >= 0.3 is 12.1 Å². The molecular weight excluding hydrogens is 446 g/mol. The maximum Gasteiger partial charge on any atom is 0.426 e. The molecule has 1 aliphatic rings. The quantitative estimate of drug-likeness (QED) is 0.348. The van der Waals surface area contributed by atoms with Crippen LogP contribution < -0.4 is 0 Å². The molecule has 2 aromatic carbocycles. The average molecular weight is 466 g/mol. The van der Waals surface area contributed by atoms with Gasteiger partial charge in [-0.1, -0.05) is 80.1 Å². The van der Waals surface area contributed by atoms with Crippen LogP contribution in [0, 0.1) is 28.6 Å². The lowest BCUT2D eigenvalue weighted by atomic mass is 9.99. The summed E-state index contributed by atoms with van der Waals surface area (Å²) in [5, 5.41) is 8.22. The first-order chi connectivity index (χ1) is 15.0. The molecule has 1 saturated carbocycles. The van der Waals surface area contributed by atoms with Crippen LogP contribution in [0.2, 0.25) is 0 Å². The first-order valence-electron chi connectivity index (χ1n) is 9.80. The van der Waals surface area contributed by atoms with Gasteiger partial charge in [-0.3, -0.25) is 4.79 Å². The monoisotopic (exact) mass is 465 g/mol. The lowest BCUT2D eigenvalue weighted by Gasteiger charge is -2.15. The Hall–Kier alpha value is -2.85. The van der Waals surface area contributed by atoms with Crippen LogP contribution in [0.25, 0.3) is 0 Å². The van der Waals surface area contributed by atoms with Gasteiger partial charge < -0.3 is 4.74 Å². The maximum atomic E-state index is 14.9. The molecule has 3 rings (SSSR count). The zero-order chi connectivity index (χ0) is 23.7. The van der Waals surface area contributed by atoms with Crippen molar-refractivity contribution in [1.82, 2.24) is 0 Å². The average Bonchev–Trinajstić information content (AvgIpc) is 3.31. The van der Waals surface area contributed by atoms with E-state index in [1.54, 1.807) is 56.3 Å². The van der Waals surface area contributed by atoms with E-state index in [1.165, 1.54) is 12.1 Å². The number of carbonyl (C=O) groups is 1. The predicted molar refractivity (Wildman–Crippen MR) is 111 cm³/mol. The van der Waals surface area contributed by atoms with Crippen LogP contribution in [-0.4, -0.2) is 12.1 Å². The van der Waals surface area contributed by atoms with Gasteiger partial charge in [-0.2, -0.15) is 18.4 Å². The molecule has 32 heavy (non-hydrogen) atoms. The number of nitriles is 1. The summed E-state index contributed by atoms with van der Waals surface area (Å²) in [4.78, 5) is 12.6. The standard InChI is InChI=1S/C24H20ClF4NO2/c1-23(2)17(12-19(25)24(27,28)29)20(23)22(31)32-18(13-30)15-9-6-10-16(11-15)21(26)14-7-4-3-5-8-14/h3-12,17-18,20-21H,1-2H3. The number of carbonyl (C=O) groups excluding carboxylic acids is 1. The van der Waals surface area contributed by atoms with Crippen LogP contribution in [0.3, 0.4) is 0 Å². The number of allylic oxidation sites excluding steroid dienone is 2. The summed E-state index contributed by atoms with van der Waals surface area (Å²) in [6.45, 7) is 3.24. The third kappa shape index (κ3) is 4.97. The fourth-order valence-electron chi connectivity index (χ4n) is 3.74. The maximum absolute atomic E-state index is 14.9. The molecule has 1 fully saturated rings. The zero-order valence-corrected chi connectivity index (χ0v) is 18.0. The number of benzene rings is 2. The molecule has 4 atom stereocenters. The van der Waals surface area contributed by atoms with Crippen molar-refractivity contribution in [3.05, 3.63) is 82.4 Å². The highest BCUT2D eigenvalue weighted by Gasteiger charge is 2.62. The van der Waals surface area contributed by atoms with E-state index >= 15 is 0 Å². The van der Waals surface area contributed by atoms with Crippen LogP contribution in [0.1, 0.15) is 42.8 Å². The van der Waals surface area contributed by atoms with E-state index in [4.69, 9.17) is 16.3 Å². The number of hydrogen-bond donors (Lipinski definition) is 0. The molecule has 3 nitrogen and oxygen atoms in total. The van der Waals surface area contributed by atoms with E-state index in [1.807, 2.05) is 6.07 Å². The van der Waals surface area contributed by atoms with E-state index < -0.39 is 46.7 Å². The summed E-state index contributed by atoms with van der Waals surface area (Å²) in [5.74, 6) is -2.46. The Morgan fingerprint density at radius 3 is 2.31 bits per heavy atom. The Morgan fingerprint density at radius 2 is 1.72 bits per heavy atom. The summed E-state index contributed by atoms with van der Waals surface area (Å²) in [6, 6.07) is 16.4. The summed E-state index contributed by atoms with van der Waals surface area (Å²) < 4.78 is 58.4. The second kappa shape index (κ2) is 8.95. The van der Waals surface area contributed by atoms with E-state index in [0.717, 1.165) is 6.08 Å². The predicted octanol–water partition coefficient (Wildman–Crippen LogP) is 6.81. The number of hydrogen-bond acceptors (Lipinski definition) is 3. The number of ether oxygens (including phenoxy) is 1. The van der Waals surface area contributed by atoms with Crippen LogP contribution in [0.4, 0.5) is 17.6 Å². The molecule has 0 amide bonds. The van der Waals surface area contributed by atoms with Crippen molar-refractivity contribution >= 4 is 17.6 Å². The third-order valence-corrected chi connectivity index (χ3v) is 6.05. The lowest BCUT2D eigenvalue weighted by Crippen LogP contribution is -2.15. The zero-order valence-electron chi connectivity index (χ0n) is 17.2. The SMILES string of the molecule is CC1(C)C(C=C(Cl)C(F)(F)F)C1C(=O)OC(C#N)c1cccc(C(F)c2ccccc2)c1. The van der Waals surface area contributed by atoms with Crippen molar-refractivity contribution in [1.29, 1.82) is 5.26 Å². The minimum absolute atomic E-state index is 0.274. The second-order valence-corrected chi connectivity index (χ2v) is 8.63. The summed E-state index contributed by atoms with van der Waals surface area (Å²) in [7, 11) is 0. The number of nitrogens with zero attached hydrogens (tertiary/aromatic N) is 1. The van der Waals surface area contributed by atoms with E-state index in [9.17, 15) is 27.6 Å². The normalized spacial score (nSPS) is 21.9. The van der Waals surface area contributed by atoms with Gasteiger partial charge in [-0.05, 0) is 28.5 Å². The van der Waals surface area contributed by atoms with Gasteiger partial charge in [-0.25, -0.2) is 4.39 Å². The number of alkyl halides is 4. The first kappa shape index (κ1) is 23.8. The first-order valence-corrected chi connectivity index (χ1v) is 10.2. The molecule has 0 heterocycles. The topological polar surface area (TPSA) is 50.1 Å². The largest absolute Gasteiger partial charge is 0.442 e. The van der Waals surface area contributed by atoms with Gasteiger partial charge in [-0.15, -0.1) is 0 Å². The van der Waals surface area contributed by atoms with Crippen molar-refractivity contribution < 1.29 is 27.1 Å². The molecular formula is C24H20ClF4NO2. The number of rotatable bonds is 6. The third-order valence-electron chi connectivity index (χ3n) is 5.71. The Labute approximate surface area is 188 Å². The molecule has 168 valence electrons. The Balaban J connectivity index is 1.76. The fourth-order valence-corrected chi connectivity index (χ4v) is 3.88. The summed E-state index contributed by atoms with van der Waals surface area (Å²) in [6.07, 6.45) is -6.66. The summed E-state index contributed by atoms with van der Waals surface area (Å²) >= 11 is 5.31. The van der Waals surface area contributed by atoms with Gasteiger partial charge in [0.15, 0.2) is 6.17 Å². The minimum atomic E-state index is -4.70. The van der Waals surface area contributed by atoms with E-state index in [-0.39, 0.29) is 11.1 Å². The Kier molecular flexibility index (Phi) is 6.66. The molecule has 0 saturated heterocycles. The second-order valence-electron chi connectivity index (χ2n) is 8.23. The van der Waals surface area contributed by atoms with E-state index in [2.05, 4.69) is 0 Å². The smallest absolute Gasteiger partial charge is 0.426 e. The number of halogens is 5. The van der Waals surface area contributed by atoms with Gasteiger partial charge in [0.25, 0.3) is 0 Å². The van der Waals surface area contributed by atoms with E-state index in [0.29, 0.717) is 5.56 Å². The van der Waals surface area contributed by atoms with Crippen LogP contribution in [0.15, 0.2) is 65.7 Å². The highest BCUT2D eigenvalue weighted by molar-refractivity contribution is 6.30. The lowest BCUT2D eigenvalue weighted by molar-refractivity contribution is -0.149. The molecule has 0 bridgehead atoms. The molecule has 1 aliphatic carbocycles. The molecule has 0 aromatic heterocycles. The summed E-state index contributed by atoms with van der Waals surface area (Å²) in [5.41, 5.74) is 0.193. The number of esters is 1. The molecule has 2 aromatic rings. The Bertz CT molecular complexity index is 1060. The highest BCUT2D eigenvalue weighted by atomic mass is 35.5. The van der Waals surface area contributed by atoms with Gasteiger partial charge in [0.2, 0.25) is 6.10 Å². The van der Waals surface area contributed by atoms with Gasteiger partial charge in [0.05, 0.1) is 5.92 Å². The van der Waals surface area contributed by atoms with Crippen LogP contribution in [-0.2, 0) is 9.53 Å². The van der Waals surface area contributed by atoms with Crippen LogP contribution >= 0.6 is 11.6 Å². The van der Waals surface area contributed by atoms with Crippen molar-refractivity contribution in [2.45, 2.75) is 32.3 Å². The van der Waals surface area contributed by atoms with Crippen LogP contribution in [0.5, 0.6) is 0 Å². The van der Waals surface area contributed by atoms with Gasteiger partial charge in [0, 0.05) is 5.56 Å². The molecule has 8 heteroatoms. The van der Waals surface area contributed by atoms with Crippen molar-refractivity contribution in [2.24, 2.45) is 17.3 Å². The van der Waals surface area contributed by atoms with Gasteiger partial charge in [0.1, 0.15) is 11.1 Å². The fraction of sp³-hybridized carbons (Fsp3) is 0.333. The highest BCUT2D eigenvalue weighted by Crippen LogP contribution is 2.60. The Morgan fingerprint density at radius 1 is 1.12 bits per heavy atom. The molecule has 0 N–H and O–H groups in total. The van der Waals surface area contributed by atoms with Crippen molar-refractivity contribution in [3.63, 3.8) is 0 Å². The molecule has 4 unspecified atom stereocenters. The van der Waals surface area contributed by atoms with Crippen molar-refractivity contribution in [2.75, 3.05) is 0 Å². The van der Waals surface area contributed by atoms with Crippen molar-refractivity contribution in [3.8, 4) is 6.07 Å².